The zero-order valence-electron chi connectivity index (χ0n) is 17.0. The third-order valence-electron chi connectivity index (χ3n) is 4.58. The number of rotatable bonds is 7. The maximum atomic E-state index is 12.9. The van der Waals surface area contributed by atoms with Crippen LogP contribution in [0.5, 0.6) is 5.75 Å². The highest BCUT2D eigenvalue weighted by atomic mass is 35.5. The molecule has 0 aliphatic heterocycles. The number of ether oxygens (including phenoxy) is 1. The number of nitro groups is 1. The van der Waals surface area contributed by atoms with E-state index >= 15 is 0 Å². The highest BCUT2D eigenvalue weighted by Crippen LogP contribution is 2.31. The molecule has 0 aliphatic rings. The Morgan fingerprint density at radius 3 is 2.38 bits per heavy atom. The normalized spacial score (nSPS) is 11.0. The number of hydrogen-bond acceptors (Lipinski definition) is 6. The highest BCUT2D eigenvalue weighted by Gasteiger charge is 2.21. The standard InChI is InChI=1S/C21H18ClN3O6S/c1-13-17(4-3-5-19(13)25(27)28)24-32(29,30)16-10-11-20(31-2)18(12-16)23-21(26)14-6-8-15(22)9-7-14/h3-12,24H,1-2H3,(H,23,26). The average molecular weight is 476 g/mol. The van der Waals surface area contributed by atoms with Gasteiger partial charge in [-0.1, -0.05) is 17.7 Å². The lowest BCUT2D eigenvalue weighted by molar-refractivity contribution is -0.385. The number of benzene rings is 3. The predicted molar refractivity (Wildman–Crippen MR) is 121 cm³/mol. The maximum Gasteiger partial charge on any atom is 0.274 e. The molecule has 3 aromatic rings. The Labute approximate surface area is 189 Å². The third-order valence-corrected chi connectivity index (χ3v) is 6.20. The largest absolute Gasteiger partial charge is 0.495 e. The molecule has 9 nitrogen and oxygen atoms in total. The number of carbonyl (C=O) groups excluding carboxylic acids is 1. The number of carbonyl (C=O) groups is 1. The van der Waals surface area contributed by atoms with Crippen LogP contribution < -0.4 is 14.8 Å². The second-order valence-electron chi connectivity index (χ2n) is 6.64. The molecule has 0 fully saturated rings. The van der Waals surface area contributed by atoms with E-state index in [1.807, 2.05) is 0 Å². The van der Waals surface area contributed by atoms with Gasteiger partial charge in [0, 0.05) is 16.7 Å². The fourth-order valence-corrected chi connectivity index (χ4v) is 4.16. The molecule has 0 bridgehead atoms. The Kier molecular flexibility index (Phi) is 6.66. The van der Waals surface area contributed by atoms with Gasteiger partial charge in [0.2, 0.25) is 0 Å². The zero-order chi connectivity index (χ0) is 23.5. The second kappa shape index (κ2) is 9.25. The molecule has 32 heavy (non-hydrogen) atoms. The van der Waals surface area contributed by atoms with Gasteiger partial charge < -0.3 is 10.1 Å². The van der Waals surface area contributed by atoms with Gasteiger partial charge in [-0.2, -0.15) is 0 Å². The number of hydrogen-bond donors (Lipinski definition) is 2. The number of methoxy groups -OCH3 is 1. The van der Waals surface area contributed by atoms with Crippen LogP contribution in [0.1, 0.15) is 15.9 Å². The van der Waals surface area contributed by atoms with Crippen molar-refractivity contribution < 1.29 is 22.9 Å². The summed E-state index contributed by atoms with van der Waals surface area (Å²) in [7, 11) is -2.75. The van der Waals surface area contributed by atoms with E-state index in [1.54, 1.807) is 12.1 Å². The van der Waals surface area contributed by atoms with Gasteiger partial charge >= 0.3 is 0 Å². The molecule has 0 unspecified atom stereocenters. The number of amides is 1. The molecule has 0 aromatic heterocycles. The topological polar surface area (TPSA) is 128 Å². The van der Waals surface area contributed by atoms with E-state index in [9.17, 15) is 23.3 Å². The van der Waals surface area contributed by atoms with Crippen molar-refractivity contribution in [1.82, 2.24) is 0 Å². The molecule has 166 valence electrons. The van der Waals surface area contributed by atoms with E-state index in [0.717, 1.165) is 0 Å². The Hall–Kier alpha value is -3.63. The van der Waals surface area contributed by atoms with E-state index in [-0.39, 0.29) is 33.3 Å². The summed E-state index contributed by atoms with van der Waals surface area (Å²) in [5.74, 6) is -0.241. The summed E-state index contributed by atoms with van der Waals surface area (Å²) in [6.45, 7) is 1.45. The van der Waals surface area contributed by atoms with Gasteiger partial charge in [0.1, 0.15) is 5.75 Å². The monoisotopic (exact) mass is 475 g/mol. The molecule has 0 saturated carbocycles. The summed E-state index contributed by atoms with van der Waals surface area (Å²) >= 11 is 5.84. The first-order chi connectivity index (χ1) is 15.1. The van der Waals surface area contributed by atoms with Crippen molar-refractivity contribution in [1.29, 1.82) is 0 Å². The van der Waals surface area contributed by atoms with Crippen molar-refractivity contribution in [3.63, 3.8) is 0 Å². The molecule has 3 rings (SSSR count). The molecule has 0 radical (unpaired) electrons. The molecule has 11 heteroatoms. The van der Waals surface area contributed by atoms with Crippen LogP contribution in [0.25, 0.3) is 0 Å². The fraction of sp³-hybridized carbons (Fsp3) is 0.0952. The van der Waals surface area contributed by atoms with Crippen molar-refractivity contribution in [2.24, 2.45) is 0 Å². The van der Waals surface area contributed by atoms with Gasteiger partial charge in [0.15, 0.2) is 0 Å². The van der Waals surface area contributed by atoms with Crippen LogP contribution in [0.2, 0.25) is 5.02 Å². The smallest absolute Gasteiger partial charge is 0.274 e. The first kappa shape index (κ1) is 23.0. The summed E-state index contributed by atoms with van der Waals surface area (Å²) in [6, 6.07) is 14.2. The number of nitrogens with zero attached hydrogens (tertiary/aromatic N) is 1. The Balaban J connectivity index is 1.93. The van der Waals surface area contributed by atoms with Crippen LogP contribution in [-0.4, -0.2) is 26.4 Å². The molecule has 0 heterocycles. The maximum absolute atomic E-state index is 12.9. The molecule has 1 amide bonds. The fourth-order valence-electron chi connectivity index (χ4n) is 2.88. The van der Waals surface area contributed by atoms with Gasteiger partial charge in [-0.05, 0) is 55.5 Å². The van der Waals surface area contributed by atoms with Crippen LogP contribution in [0.15, 0.2) is 65.6 Å². The SMILES string of the molecule is COc1ccc(S(=O)(=O)Nc2cccc([N+](=O)[O-])c2C)cc1NC(=O)c1ccc(Cl)cc1. The van der Waals surface area contributed by atoms with Gasteiger partial charge in [0.25, 0.3) is 21.6 Å². The van der Waals surface area contributed by atoms with E-state index in [2.05, 4.69) is 10.0 Å². The summed E-state index contributed by atoms with van der Waals surface area (Å²) in [4.78, 5) is 22.9. The molecular formula is C21H18ClN3O6S. The summed E-state index contributed by atoms with van der Waals surface area (Å²) in [5.41, 5.74) is 0.476. The van der Waals surface area contributed by atoms with Gasteiger partial charge in [0.05, 0.1) is 33.9 Å². The number of nitrogens with one attached hydrogen (secondary N) is 2. The van der Waals surface area contributed by atoms with E-state index in [4.69, 9.17) is 16.3 Å². The minimum atomic E-state index is -4.13. The summed E-state index contributed by atoms with van der Waals surface area (Å²) in [6.07, 6.45) is 0. The molecule has 0 saturated heterocycles. The van der Waals surface area contributed by atoms with Crippen molar-refractivity contribution in [2.45, 2.75) is 11.8 Å². The highest BCUT2D eigenvalue weighted by molar-refractivity contribution is 7.92. The summed E-state index contributed by atoms with van der Waals surface area (Å²) < 4.78 is 33.4. The molecule has 0 spiro atoms. The van der Waals surface area contributed by atoms with Crippen LogP contribution in [0.3, 0.4) is 0 Å². The van der Waals surface area contributed by atoms with Gasteiger partial charge in [-0.25, -0.2) is 8.42 Å². The quantitative estimate of drug-likeness (QED) is 0.379. The average Bonchev–Trinajstić information content (AvgIpc) is 2.75. The molecule has 3 aromatic carbocycles. The van der Waals surface area contributed by atoms with Gasteiger partial charge in [-0.3, -0.25) is 19.6 Å². The lowest BCUT2D eigenvalue weighted by Gasteiger charge is -2.14. The van der Waals surface area contributed by atoms with Crippen LogP contribution in [0.4, 0.5) is 17.1 Å². The Morgan fingerprint density at radius 2 is 1.75 bits per heavy atom. The van der Waals surface area contributed by atoms with Crippen molar-refractivity contribution in [2.75, 3.05) is 17.1 Å². The third kappa shape index (κ3) is 4.98. The van der Waals surface area contributed by atoms with E-state index in [0.29, 0.717) is 10.6 Å². The molecule has 0 aliphatic carbocycles. The van der Waals surface area contributed by atoms with E-state index < -0.39 is 20.9 Å². The van der Waals surface area contributed by atoms with Crippen LogP contribution in [0, 0.1) is 17.0 Å². The number of nitro benzene ring substituents is 1. The van der Waals surface area contributed by atoms with E-state index in [1.165, 1.54) is 62.6 Å². The number of anilines is 2. The van der Waals surface area contributed by atoms with Crippen molar-refractivity contribution in [3.8, 4) is 5.75 Å². The molecular weight excluding hydrogens is 458 g/mol. The minimum Gasteiger partial charge on any atom is -0.495 e. The molecule has 2 N–H and O–H groups in total. The predicted octanol–water partition coefficient (Wildman–Crippen LogP) is 4.62. The van der Waals surface area contributed by atoms with Crippen LogP contribution >= 0.6 is 11.6 Å². The van der Waals surface area contributed by atoms with Gasteiger partial charge in [-0.15, -0.1) is 0 Å². The minimum absolute atomic E-state index is 0.0711. The van der Waals surface area contributed by atoms with Crippen molar-refractivity contribution >= 4 is 44.6 Å². The van der Waals surface area contributed by atoms with Crippen molar-refractivity contribution in [3.05, 3.63) is 86.9 Å². The summed E-state index contributed by atoms with van der Waals surface area (Å²) in [5, 5.41) is 14.2. The zero-order valence-corrected chi connectivity index (χ0v) is 18.5. The first-order valence-electron chi connectivity index (χ1n) is 9.14. The first-order valence-corrected chi connectivity index (χ1v) is 11.0. The Morgan fingerprint density at radius 1 is 1.06 bits per heavy atom. The number of halogens is 1. The lowest BCUT2D eigenvalue weighted by atomic mass is 10.2. The number of sulfonamides is 1. The second-order valence-corrected chi connectivity index (χ2v) is 8.75. The lowest BCUT2D eigenvalue weighted by Crippen LogP contribution is -2.16. The molecule has 0 atom stereocenters. The Bertz CT molecular complexity index is 1290. The van der Waals surface area contributed by atoms with Crippen LogP contribution in [-0.2, 0) is 10.0 Å².